The van der Waals surface area contributed by atoms with Crippen LogP contribution in [0.25, 0.3) is 0 Å². The third-order valence-electron chi connectivity index (χ3n) is 4.49. The van der Waals surface area contributed by atoms with Crippen molar-refractivity contribution in [2.24, 2.45) is 0 Å². The minimum Gasteiger partial charge on any atom is -0.308 e. The molecule has 0 amide bonds. The van der Waals surface area contributed by atoms with E-state index in [2.05, 4.69) is 43.7 Å². The molecule has 1 saturated heterocycles. The number of ketones is 1. The molecule has 0 bridgehead atoms. The van der Waals surface area contributed by atoms with Crippen LogP contribution in [-0.4, -0.2) is 36.9 Å². The molecule has 0 spiro atoms. The van der Waals surface area contributed by atoms with Crippen molar-refractivity contribution in [2.75, 3.05) is 26.2 Å². The smallest absolute Gasteiger partial charge is 0.176 e. The van der Waals surface area contributed by atoms with Crippen molar-refractivity contribution < 1.29 is 4.79 Å². The van der Waals surface area contributed by atoms with E-state index in [0.29, 0.717) is 12.6 Å². The number of piperidine rings is 1. The molecular formula is C19H23BrN2OS. The van der Waals surface area contributed by atoms with Crippen LogP contribution < -0.4 is 5.32 Å². The Morgan fingerprint density at radius 3 is 2.58 bits per heavy atom. The van der Waals surface area contributed by atoms with Gasteiger partial charge in [-0.25, -0.2) is 0 Å². The lowest BCUT2D eigenvalue weighted by Gasteiger charge is -2.34. The number of hydrogen-bond donors (Lipinski definition) is 1. The summed E-state index contributed by atoms with van der Waals surface area (Å²) in [6, 6.07) is 12.3. The number of nitrogens with zero attached hydrogens (tertiary/aromatic N) is 1. The van der Waals surface area contributed by atoms with Gasteiger partial charge in [0.1, 0.15) is 0 Å². The monoisotopic (exact) mass is 406 g/mol. The summed E-state index contributed by atoms with van der Waals surface area (Å²) in [5.41, 5.74) is 0.761. The minimum atomic E-state index is 0.145. The first-order valence-electron chi connectivity index (χ1n) is 8.51. The van der Waals surface area contributed by atoms with Crippen molar-refractivity contribution in [3.05, 3.63) is 56.7 Å². The van der Waals surface area contributed by atoms with Crippen LogP contribution in [0.15, 0.2) is 46.3 Å². The third-order valence-corrected chi connectivity index (χ3v) is 5.99. The van der Waals surface area contributed by atoms with Crippen LogP contribution in [0, 0.1) is 0 Å². The number of likely N-dealkylation sites (tertiary alicyclic amines) is 1. The van der Waals surface area contributed by atoms with Gasteiger partial charge in [-0.2, -0.15) is 0 Å². The average Bonchev–Trinajstić information content (AvgIpc) is 3.14. The van der Waals surface area contributed by atoms with Gasteiger partial charge in [-0.05, 0) is 49.5 Å². The van der Waals surface area contributed by atoms with E-state index in [1.54, 1.807) is 0 Å². The zero-order chi connectivity index (χ0) is 16.8. The van der Waals surface area contributed by atoms with E-state index in [9.17, 15) is 4.79 Å². The topological polar surface area (TPSA) is 32.3 Å². The number of carbonyl (C=O) groups excluding carboxylic acids is 1. The number of Topliss-reactive ketones (excluding diaryl/α,β-unsaturated/α-hetero) is 1. The van der Waals surface area contributed by atoms with Crippen LogP contribution in [0.5, 0.6) is 0 Å². The molecule has 3 nitrogen and oxygen atoms in total. The van der Waals surface area contributed by atoms with Gasteiger partial charge in [0.25, 0.3) is 0 Å². The second-order valence-corrected chi connectivity index (χ2v) is 8.08. The first-order valence-corrected chi connectivity index (χ1v) is 10.2. The van der Waals surface area contributed by atoms with Crippen molar-refractivity contribution in [1.29, 1.82) is 0 Å². The van der Waals surface area contributed by atoms with Crippen LogP contribution >= 0.6 is 27.3 Å². The molecule has 2 aromatic rings. The number of thiophene rings is 1. The maximum atomic E-state index is 12.3. The molecule has 24 heavy (non-hydrogen) atoms. The number of hydrogen-bond acceptors (Lipinski definition) is 4. The van der Waals surface area contributed by atoms with Crippen molar-refractivity contribution in [3.8, 4) is 0 Å². The largest absolute Gasteiger partial charge is 0.308 e. The fraction of sp³-hybridized carbons (Fsp3) is 0.421. The molecule has 2 heterocycles. The molecule has 1 aliphatic rings. The SMILES string of the molecule is O=C(CNCC(c1cccs1)N1CCCCC1)c1ccc(Br)cc1. The Morgan fingerprint density at radius 2 is 1.92 bits per heavy atom. The molecule has 1 aromatic heterocycles. The van der Waals surface area contributed by atoms with E-state index < -0.39 is 0 Å². The van der Waals surface area contributed by atoms with E-state index in [1.807, 2.05) is 35.6 Å². The fourth-order valence-corrected chi connectivity index (χ4v) is 4.31. The predicted molar refractivity (Wildman–Crippen MR) is 104 cm³/mol. The van der Waals surface area contributed by atoms with Crippen molar-refractivity contribution in [2.45, 2.75) is 25.3 Å². The highest BCUT2D eigenvalue weighted by molar-refractivity contribution is 9.10. The number of benzene rings is 1. The molecule has 0 aliphatic carbocycles. The maximum Gasteiger partial charge on any atom is 0.176 e. The van der Waals surface area contributed by atoms with Gasteiger partial charge in [-0.15, -0.1) is 11.3 Å². The zero-order valence-corrected chi connectivity index (χ0v) is 16.1. The Morgan fingerprint density at radius 1 is 1.17 bits per heavy atom. The van der Waals surface area contributed by atoms with Crippen LogP contribution in [0.4, 0.5) is 0 Å². The predicted octanol–water partition coefficient (Wildman–Crippen LogP) is 4.51. The van der Waals surface area contributed by atoms with Crippen LogP contribution in [0.1, 0.15) is 40.5 Å². The molecule has 0 saturated carbocycles. The summed E-state index contributed by atoms with van der Waals surface area (Å²) in [5.74, 6) is 0.145. The summed E-state index contributed by atoms with van der Waals surface area (Å²) in [7, 11) is 0. The Labute approximate surface area is 156 Å². The molecule has 5 heteroatoms. The Kier molecular flexibility index (Phi) is 6.60. The molecule has 1 N–H and O–H groups in total. The fourth-order valence-electron chi connectivity index (χ4n) is 3.18. The molecule has 1 unspecified atom stereocenters. The Bertz CT molecular complexity index is 636. The molecule has 0 radical (unpaired) electrons. The van der Waals surface area contributed by atoms with Gasteiger partial charge in [0, 0.05) is 21.5 Å². The van der Waals surface area contributed by atoms with E-state index in [-0.39, 0.29) is 5.78 Å². The summed E-state index contributed by atoms with van der Waals surface area (Å²) < 4.78 is 0.995. The highest BCUT2D eigenvalue weighted by atomic mass is 79.9. The number of carbonyl (C=O) groups is 1. The summed E-state index contributed by atoms with van der Waals surface area (Å²) in [4.78, 5) is 16.3. The number of rotatable bonds is 7. The first-order chi connectivity index (χ1) is 11.7. The normalized spacial score (nSPS) is 16.9. The van der Waals surface area contributed by atoms with Gasteiger partial charge in [-0.3, -0.25) is 9.69 Å². The second kappa shape index (κ2) is 8.90. The van der Waals surface area contributed by atoms with Crippen LogP contribution in [0.2, 0.25) is 0 Å². The number of halogens is 1. The van der Waals surface area contributed by atoms with Crippen LogP contribution in [-0.2, 0) is 0 Å². The van der Waals surface area contributed by atoms with E-state index >= 15 is 0 Å². The summed E-state index contributed by atoms with van der Waals surface area (Å²) in [6.07, 6.45) is 3.89. The second-order valence-electron chi connectivity index (χ2n) is 6.19. The van der Waals surface area contributed by atoms with Gasteiger partial charge in [-0.1, -0.05) is 40.5 Å². The van der Waals surface area contributed by atoms with Crippen molar-refractivity contribution in [3.63, 3.8) is 0 Å². The van der Waals surface area contributed by atoms with Crippen LogP contribution in [0.3, 0.4) is 0 Å². The summed E-state index contributed by atoms with van der Waals surface area (Å²) >= 11 is 5.21. The maximum absolute atomic E-state index is 12.3. The van der Waals surface area contributed by atoms with Gasteiger partial charge < -0.3 is 5.32 Å². The Hall–Kier alpha value is -1.01. The lowest BCUT2D eigenvalue weighted by molar-refractivity contribution is 0.0984. The van der Waals surface area contributed by atoms with Gasteiger partial charge in [0.2, 0.25) is 0 Å². The summed E-state index contributed by atoms with van der Waals surface area (Å²) in [6.45, 7) is 3.52. The van der Waals surface area contributed by atoms with Crippen molar-refractivity contribution in [1.82, 2.24) is 10.2 Å². The van der Waals surface area contributed by atoms with E-state index in [0.717, 1.165) is 29.7 Å². The number of nitrogens with one attached hydrogen (secondary N) is 1. The molecule has 3 rings (SSSR count). The highest BCUT2D eigenvalue weighted by Gasteiger charge is 2.23. The first kappa shape index (κ1) is 17.8. The molecule has 1 atom stereocenters. The minimum absolute atomic E-state index is 0.145. The van der Waals surface area contributed by atoms with Gasteiger partial charge in [0.05, 0.1) is 12.6 Å². The molecule has 1 aliphatic heterocycles. The quantitative estimate of drug-likeness (QED) is 0.686. The van der Waals surface area contributed by atoms with Crippen molar-refractivity contribution >= 4 is 33.0 Å². The average molecular weight is 407 g/mol. The third kappa shape index (κ3) is 4.76. The standard InChI is InChI=1S/C19H23BrN2OS/c20-16-8-6-15(7-9-16)18(23)14-21-13-17(19-5-4-12-24-19)22-10-2-1-3-11-22/h4-9,12,17,21H,1-3,10-11,13-14H2. The molecule has 128 valence electrons. The summed E-state index contributed by atoms with van der Waals surface area (Å²) in [5, 5.41) is 5.53. The lowest BCUT2D eigenvalue weighted by atomic mass is 10.1. The molecular weight excluding hydrogens is 384 g/mol. The van der Waals surface area contributed by atoms with Gasteiger partial charge in [0.15, 0.2) is 5.78 Å². The Balaban J connectivity index is 1.57. The molecule has 1 fully saturated rings. The van der Waals surface area contributed by atoms with E-state index in [1.165, 1.54) is 24.1 Å². The van der Waals surface area contributed by atoms with E-state index in [4.69, 9.17) is 0 Å². The van der Waals surface area contributed by atoms with Gasteiger partial charge >= 0.3 is 0 Å². The highest BCUT2D eigenvalue weighted by Crippen LogP contribution is 2.27. The lowest BCUT2D eigenvalue weighted by Crippen LogP contribution is -2.39. The molecule has 1 aromatic carbocycles. The zero-order valence-electron chi connectivity index (χ0n) is 13.7.